The lowest BCUT2D eigenvalue weighted by Crippen LogP contribution is -2.30. The minimum Gasteiger partial charge on any atom is -0.462 e. The van der Waals surface area contributed by atoms with Crippen LogP contribution in [0.2, 0.25) is 5.02 Å². The van der Waals surface area contributed by atoms with E-state index in [2.05, 4.69) is 0 Å². The maximum atomic E-state index is 11.9. The Hall–Kier alpha value is -0.910. The minimum absolute atomic E-state index is 0.321. The van der Waals surface area contributed by atoms with Crippen molar-refractivity contribution in [3.8, 4) is 0 Å². The van der Waals surface area contributed by atoms with Gasteiger partial charge in [-0.1, -0.05) is 11.6 Å². The van der Waals surface area contributed by atoms with Gasteiger partial charge in [-0.3, -0.25) is 0 Å². The van der Waals surface area contributed by atoms with Crippen LogP contribution in [0.25, 0.3) is 0 Å². The first-order chi connectivity index (χ1) is 8.61. The standard InChI is InChI=1S/C12H14ClNO3S/c1-2-17-12(15)9-3-7(14)4-10(13)11(9)18-8-5-16-6-8/h3-4,8H,2,5-6,14H2,1H3. The average molecular weight is 288 g/mol. The first-order valence-electron chi connectivity index (χ1n) is 5.62. The molecule has 1 aromatic rings. The maximum Gasteiger partial charge on any atom is 0.339 e. The van der Waals surface area contributed by atoms with Crippen LogP contribution < -0.4 is 5.73 Å². The van der Waals surface area contributed by atoms with E-state index in [0.717, 1.165) is 4.90 Å². The lowest BCUT2D eigenvalue weighted by Gasteiger charge is -2.26. The zero-order valence-corrected chi connectivity index (χ0v) is 11.5. The normalized spacial score (nSPS) is 15.2. The SMILES string of the molecule is CCOC(=O)c1cc(N)cc(Cl)c1SC1COC1. The van der Waals surface area contributed by atoms with Crippen LogP contribution in [0.15, 0.2) is 17.0 Å². The zero-order valence-electron chi connectivity index (χ0n) is 9.94. The summed E-state index contributed by atoms with van der Waals surface area (Å²) in [6.07, 6.45) is 0. The lowest BCUT2D eigenvalue weighted by atomic mass is 10.2. The molecule has 0 spiro atoms. The largest absolute Gasteiger partial charge is 0.462 e. The van der Waals surface area contributed by atoms with E-state index in [0.29, 0.717) is 41.3 Å². The summed E-state index contributed by atoms with van der Waals surface area (Å²) < 4.78 is 10.1. The number of halogens is 1. The molecule has 2 rings (SSSR count). The highest BCUT2D eigenvalue weighted by molar-refractivity contribution is 8.00. The number of benzene rings is 1. The van der Waals surface area contributed by atoms with Crippen molar-refractivity contribution in [1.29, 1.82) is 0 Å². The maximum absolute atomic E-state index is 11.9. The Labute approximate surface area is 115 Å². The molecular weight excluding hydrogens is 274 g/mol. The van der Waals surface area contributed by atoms with E-state index < -0.39 is 5.97 Å². The monoisotopic (exact) mass is 287 g/mol. The van der Waals surface area contributed by atoms with Crippen molar-refractivity contribution in [2.75, 3.05) is 25.6 Å². The highest BCUT2D eigenvalue weighted by atomic mass is 35.5. The van der Waals surface area contributed by atoms with Gasteiger partial charge in [-0.05, 0) is 19.1 Å². The second-order valence-electron chi connectivity index (χ2n) is 3.88. The number of nitrogen functional groups attached to an aromatic ring is 1. The van der Waals surface area contributed by atoms with Crippen molar-refractivity contribution in [1.82, 2.24) is 0 Å². The summed E-state index contributed by atoms with van der Waals surface area (Å²) in [6.45, 7) is 3.43. The first-order valence-corrected chi connectivity index (χ1v) is 6.88. The third-order valence-corrected chi connectivity index (χ3v) is 4.14. The molecule has 18 heavy (non-hydrogen) atoms. The molecule has 0 unspecified atom stereocenters. The molecule has 0 radical (unpaired) electrons. The molecule has 0 aromatic heterocycles. The number of esters is 1. The van der Waals surface area contributed by atoms with Crippen molar-refractivity contribution in [3.05, 3.63) is 22.7 Å². The van der Waals surface area contributed by atoms with Gasteiger partial charge in [0.2, 0.25) is 0 Å². The molecule has 0 bridgehead atoms. The van der Waals surface area contributed by atoms with Crippen LogP contribution in [-0.2, 0) is 9.47 Å². The molecule has 1 saturated heterocycles. The van der Waals surface area contributed by atoms with E-state index in [1.54, 1.807) is 19.1 Å². The first kappa shape index (κ1) is 13.5. The van der Waals surface area contributed by atoms with Gasteiger partial charge in [0.05, 0.1) is 35.7 Å². The summed E-state index contributed by atoms with van der Waals surface area (Å²) in [5.74, 6) is -0.394. The molecule has 1 heterocycles. The van der Waals surface area contributed by atoms with Crippen LogP contribution in [0.1, 0.15) is 17.3 Å². The molecule has 0 amide bonds. The van der Waals surface area contributed by atoms with Crippen molar-refractivity contribution in [2.45, 2.75) is 17.1 Å². The summed E-state index contributed by atoms with van der Waals surface area (Å²) in [5, 5.41) is 0.814. The lowest BCUT2D eigenvalue weighted by molar-refractivity contribution is 0.0453. The van der Waals surface area contributed by atoms with Crippen LogP contribution in [0.3, 0.4) is 0 Å². The molecule has 98 valence electrons. The van der Waals surface area contributed by atoms with Gasteiger partial charge in [0.1, 0.15) is 0 Å². The third kappa shape index (κ3) is 2.91. The van der Waals surface area contributed by atoms with Crippen LogP contribution in [0.4, 0.5) is 5.69 Å². The van der Waals surface area contributed by atoms with Gasteiger partial charge in [0.25, 0.3) is 0 Å². The summed E-state index contributed by atoms with van der Waals surface area (Å²) in [7, 11) is 0. The van der Waals surface area contributed by atoms with Crippen LogP contribution in [0.5, 0.6) is 0 Å². The Balaban J connectivity index is 2.31. The number of hydrogen-bond acceptors (Lipinski definition) is 5. The number of rotatable bonds is 4. The average Bonchev–Trinajstić information content (AvgIpc) is 2.24. The molecule has 1 aliphatic rings. The van der Waals surface area contributed by atoms with Crippen molar-refractivity contribution >= 4 is 35.0 Å². The summed E-state index contributed by atoms with van der Waals surface area (Å²) in [5.41, 5.74) is 6.60. The number of carbonyl (C=O) groups excluding carboxylic acids is 1. The quantitative estimate of drug-likeness (QED) is 0.681. The van der Waals surface area contributed by atoms with Crippen molar-refractivity contribution in [3.63, 3.8) is 0 Å². The fourth-order valence-electron chi connectivity index (χ4n) is 1.54. The summed E-state index contributed by atoms with van der Waals surface area (Å²) in [6, 6.07) is 3.25. The van der Waals surface area contributed by atoms with Gasteiger partial charge < -0.3 is 15.2 Å². The second kappa shape index (κ2) is 5.82. The molecular formula is C12H14ClNO3S. The second-order valence-corrected chi connectivity index (χ2v) is 5.60. The third-order valence-electron chi connectivity index (χ3n) is 2.45. The smallest absolute Gasteiger partial charge is 0.339 e. The topological polar surface area (TPSA) is 61.5 Å². The number of nitrogens with two attached hydrogens (primary N) is 1. The molecule has 4 nitrogen and oxygen atoms in total. The van der Waals surface area contributed by atoms with Gasteiger partial charge >= 0.3 is 5.97 Å². The van der Waals surface area contributed by atoms with Crippen molar-refractivity contribution < 1.29 is 14.3 Å². The van der Waals surface area contributed by atoms with Gasteiger partial charge in [0.15, 0.2) is 0 Å². The van der Waals surface area contributed by atoms with Crippen molar-refractivity contribution in [2.24, 2.45) is 0 Å². The van der Waals surface area contributed by atoms with E-state index in [4.69, 9.17) is 26.8 Å². The molecule has 1 fully saturated rings. The Kier molecular flexibility index (Phi) is 4.37. The van der Waals surface area contributed by atoms with E-state index in [9.17, 15) is 4.79 Å². The Morgan fingerprint density at radius 1 is 1.61 bits per heavy atom. The summed E-state index contributed by atoms with van der Waals surface area (Å²) in [4.78, 5) is 12.6. The molecule has 1 aliphatic heterocycles. The predicted octanol–water partition coefficient (Wildman–Crippen LogP) is 2.59. The van der Waals surface area contributed by atoms with Gasteiger partial charge in [-0.25, -0.2) is 4.79 Å². The van der Waals surface area contributed by atoms with E-state index in [1.165, 1.54) is 11.8 Å². The molecule has 0 saturated carbocycles. The number of hydrogen-bond donors (Lipinski definition) is 1. The number of ether oxygens (including phenoxy) is 2. The van der Waals surface area contributed by atoms with Gasteiger partial charge in [0, 0.05) is 10.6 Å². The fourth-order valence-corrected chi connectivity index (χ4v) is 3.01. The minimum atomic E-state index is -0.394. The number of anilines is 1. The molecule has 6 heteroatoms. The highest BCUT2D eigenvalue weighted by Gasteiger charge is 2.25. The predicted molar refractivity (Wildman–Crippen MR) is 72.3 cm³/mol. The summed E-state index contributed by atoms with van der Waals surface area (Å²) >= 11 is 7.69. The van der Waals surface area contributed by atoms with Gasteiger partial charge in [-0.15, -0.1) is 11.8 Å². The Morgan fingerprint density at radius 3 is 2.89 bits per heavy atom. The Morgan fingerprint density at radius 2 is 2.33 bits per heavy atom. The highest BCUT2D eigenvalue weighted by Crippen LogP contribution is 2.37. The molecule has 0 aliphatic carbocycles. The van der Waals surface area contributed by atoms with Crippen LogP contribution >= 0.6 is 23.4 Å². The van der Waals surface area contributed by atoms with Crippen LogP contribution in [-0.4, -0.2) is 31.0 Å². The van der Waals surface area contributed by atoms with E-state index in [-0.39, 0.29) is 0 Å². The van der Waals surface area contributed by atoms with Crippen LogP contribution in [0, 0.1) is 0 Å². The molecule has 2 N–H and O–H groups in total. The number of carbonyl (C=O) groups is 1. The van der Waals surface area contributed by atoms with E-state index in [1.807, 2.05) is 0 Å². The number of thioether (sulfide) groups is 1. The zero-order chi connectivity index (χ0) is 13.1. The van der Waals surface area contributed by atoms with E-state index >= 15 is 0 Å². The Bertz CT molecular complexity index is 463. The van der Waals surface area contributed by atoms with Gasteiger partial charge in [-0.2, -0.15) is 0 Å². The molecule has 1 aromatic carbocycles. The fraction of sp³-hybridized carbons (Fsp3) is 0.417. The molecule has 0 atom stereocenters.